The van der Waals surface area contributed by atoms with Crippen molar-refractivity contribution in [3.05, 3.63) is 59.4 Å². The fraction of sp³-hybridized carbons (Fsp3) is 0.188. The van der Waals surface area contributed by atoms with Crippen molar-refractivity contribution in [1.29, 1.82) is 0 Å². The number of para-hydroxylation sites is 1. The summed E-state index contributed by atoms with van der Waals surface area (Å²) < 4.78 is 5.48. The Kier molecular flexibility index (Phi) is 5.04. The first kappa shape index (κ1) is 14.7. The van der Waals surface area contributed by atoms with Gasteiger partial charge in [0.25, 0.3) is 5.91 Å². The third kappa shape index (κ3) is 4.14. The smallest absolute Gasteiger partial charge is 0.272 e. The minimum Gasteiger partial charge on any atom is -0.493 e. The first-order valence-corrected chi connectivity index (χ1v) is 6.68. The van der Waals surface area contributed by atoms with Crippen LogP contribution >= 0.6 is 0 Å². The Morgan fingerprint density at radius 1 is 1.33 bits per heavy atom. The van der Waals surface area contributed by atoms with Crippen LogP contribution in [0.5, 0.6) is 5.75 Å². The van der Waals surface area contributed by atoms with E-state index in [1.165, 1.54) is 6.20 Å². The molecule has 1 aromatic carbocycles. The molecule has 1 heterocycles. The van der Waals surface area contributed by atoms with Gasteiger partial charge in [0, 0.05) is 17.5 Å². The Bertz CT molecular complexity index is 636. The number of aryl methyl sites for hydroxylation is 1. The Morgan fingerprint density at radius 3 is 2.86 bits per heavy atom. The van der Waals surface area contributed by atoms with E-state index in [0.29, 0.717) is 12.2 Å². The Morgan fingerprint density at radius 2 is 2.14 bits per heavy atom. The van der Waals surface area contributed by atoms with Crippen LogP contribution in [0.3, 0.4) is 0 Å². The lowest BCUT2D eigenvalue weighted by Crippen LogP contribution is -2.17. The second-order valence-electron chi connectivity index (χ2n) is 4.36. The number of nitrogens with one attached hydrogen (secondary N) is 1. The molecule has 0 saturated carbocycles. The molecule has 5 nitrogen and oxygen atoms in total. The number of benzene rings is 1. The van der Waals surface area contributed by atoms with E-state index in [0.717, 1.165) is 17.0 Å². The van der Waals surface area contributed by atoms with Crippen LogP contribution < -0.4 is 10.2 Å². The molecule has 0 aliphatic rings. The molecule has 0 saturated heterocycles. The highest BCUT2D eigenvalue weighted by Gasteiger charge is 2.04. The largest absolute Gasteiger partial charge is 0.493 e. The van der Waals surface area contributed by atoms with Gasteiger partial charge in [0.2, 0.25) is 0 Å². The third-order valence-corrected chi connectivity index (χ3v) is 2.76. The summed E-state index contributed by atoms with van der Waals surface area (Å²) in [4.78, 5) is 15.9. The van der Waals surface area contributed by atoms with Crippen LogP contribution in [0.4, 0.5) is 0 Å². The van der Waals surface area contributed by atoms with Gasteiger partial charge in [0.1, 0.15) is 5.75 Å². The zero-order chi connectivity index (χ0) is 15.1. The van der Waals surface area contributed by atoms with Gasteiger partial charge in [0.05, 0.1) is 18.4 Å². The molecule has 2 rings (SSSR count). The molecule has 0 spiro atoms. The van der Waals surface area contributed by atoms with E-state index in [9.17, 15) is 4.79 Å². The number of nitrogens with zero attached hydrogens (tertiary/aromatic N) is 2. The van der Waals surface area contributed by atoms with E-state index in [4.69, 9.17) is 4.74 Å². The predicted octanol–water partition coefficient (Wildman–Crippen LogP) is 2.55. The van der Waals surface area contributed by atoms with Crippen LogP contribution in [-0.4, -0.2) is 23.7 Å². The maximum Gasteiger partial charge on any atom is 0.272 e. The molecule has 0 atom stereocenters. The van der Waals surface area contributed by atoms with Crippen molar-refractivity contribution in [3.8, 4) is 5.75 Å². The monoisotopic (exact) mass is 283 g/mol. The quantitative estimate of drug-likeness (QED) is 0.677. The van der Waals surface area contributed by atoms with Crippen molar-refractivity contribution >= 4 is 12.1 Å². The molecular weight excluding hydrogens is 266 g/mol. The van der Waals surface area contributed by atoms with Gasteiger partial charge in [-0.3, -0.25) is 9.78 Å². The minimum atomic E-state index is -0.298. The lowest BCUT2D eigenvalue weighted by molar-refractivity contribution is 0.0954. The lowest BCUT2D eigenvalue weighted by atomic mass is 10.2. The van der Waals surface area contributed by atoms with Crippen molar-refractivity contribution in [2.45, 2.75) is 13.8 Å². The highest BCUT2D eigenvalue weighted by molar-refractivity contribution is 5.94. The summed E-state index contributed by atoms with van der Waals surface area (Å²) in [6.07, 6.45) is 3.08. The number of carbonyl (C=O) groups excluding carboxylic acids is 1. The number of aromatic nitrogens is 1. The Labute approximate surface area is 123 Å². The first-order chi connectivity index (χ1) is 10.2. The molecular formula is C16H17N3O2. The fourth-order valence-electron chi connectivity index (χ4n) is 1.70. The summed E-state index contributed by atoms with van der Waals surface area (Å²) in [5.41, 5.74) is 4.61. The number of hydrogen-bond acceptors (Lipinski definition) is 4. The summed E-state index contributed by atoms with van der Waals surface area (Å²) in [7, 11) is 0. The average Bonchev–Trinajstić information content (AvgIpc) is 2.50. The predicted molar refractivity (Wildman–Crippen MR) is 81.6 cm³/mol. The highest BCUT2D eigenvalue weighted by Crippen LogP contribution is 2.15. The molecule has 0 aliphatic carbocycles. The van der Waals surface area contributed by atoms with E-state index in [1.807, 2.05) is 38.1 Å². The molecule has 1 aromatic heterocycles. The van der Waals surface area contributed by atoms with Crippen molar-refractivity contribution in [2.75, 3.05) is 6.61 Å². The highest BCUT2D eigenvalue weighted by atomic mass is 16.5. The Hall–Kier alpha value is -2.69. The summed E-state index contributed by atoms with van der Waals surface area (Å²) >= 11 is 0. The molecule has 21 heavy (non-hydrogen) atoms. The topological polar surface area (TPSA) is 63.6 Å². The molecule has 0 radical (unpaired) electrons. The maximum atomic E-state index is 11.9. The van der Waals surface area contributed by atoms with Crippen LogP contribution in [0.15, 0.2) is 47.7 Å². The molecule has 108 valence electrons. The summed E-state index contributed by atoms with van der Waals surface area (Å²) in [6, 6.07) is 11.0. The standard InChI is InChI=1S/C16H17N3O2/c1-3-21-15-7-5-4-6-13(15)11-18-19-16(20)14-9-8-12(2)17-10-14/h4-11H,3H2,1-2H3,(H,19,20). The number of pyridine rings is 1. The van der Waals surface area contributed by atoms with Crippen molar-refractivity contribution in [3.63, 3.8) is 0 Å². The number of amides is 1. The van der Waals surface area contributed by atoms with Crippen LogP contribution in [0.2, 0.25) is 0 Å². The normalized spacial score (nSPS) is 10.6. The van der Waals surface area contributed by atoms with E-state index < -0.39 is 0 Å². The zero-order valence-electron chi connectivity index (χ0n) is 12.0. The molecule has 0 bridgehead atoms. The van der Waals surface area contributed by atoms with E-state index in [-0.39, 0.29) is 5.91 Å². The van der Waals surface area contributed by atoms with Crippen LogP contribution in [0, 0.1) is 6.92 Å². The average molecular weight is 283 g/mol. The fourth-order valence-corrected chi connectivity index (χ4v) is 1.70. The van der Waals surface area contributed by atoms with E-state index in [2.05, 4.69) is 15.5 Å². The van der Waals surface area contributed by atoms with Crippen molar-refractivity contribution in [1.82, 2.24) is 10.4 Å². The van der Waals surface area contributed by atoms with Gasteiger partial charge in [-0.2, -0.15) is 5.10 Å². The molecule has 0 unspecified atom stereocenters. The van der Waals surface area contributed by atoms with E-state index in [1.54, 1.807) is 18.3 Å². The maximum absolute atomic E-state index is 11.9. The third-order valence-electron chi connectivity index (χ3n) is 2.76. The zero-order valence-corrected chi connectivity index (χ0v) is 12.0. The van der Waals surface area contributed by atoms with Gasteiger partial charge in [-0.25, -0.2) is 5.43 Å². The molecule has 0 aliphatic heterocycles. The van der Waals surface area contributed by atoms with Crippen molar-refractivity contribution < 1.29 is 9.53 Å². The van der Waals surface area contributed by atoms with Crippen LogP contribution in [-0.2, 0) is 0 Å². The minimum absolute atomic E-state index is 0.298. The number of ether oxygens (including phenoxy) is 1. The van der Waals surface area contributed by atoms with Crippen LogP contribution in [0.25, 0.3) is 0 Å². The molecule has 1 amide bonds. The first-order valence-electron chi connectivity index (χ1n) is 6.68. The second kappa shape index (κ2) is 7.19. The summed E-state index contributed by atoms with van der Waals surface area (Å²) in [5, 5.41) is 3.95. The molecule has 5 heteroatoms. The molecule has 2 aromatic rings. The summed E-state index contributed by atoms with van der Waals surface area (Å²) in [6.45, 7) is 4.36. The van der Waals surface area contributed by atoms with Gasteiger partial charge >= 0.3 is 0 Å². The van der Waals surface area contributed by atoms with E-state index >= 15 is 0 Å². The lowest BCUT2D eigenvalue weighted by Gasteiger charge is -2.05. The number of hydrazone groups is 1. The van der Waals surface area contributed by atoms with Crippen LogP contribution in [0.1, 0.15) is 28.5 Å². The van der Waals surface area contributed by atoms with Gasteiger partial charge in [-0.15, -0.1) is 0 Å². The summed E-state index contributed by atoms with van der Waals surface area (Å²) in [5.74, 6) is 0.433. The number of carbonyl (C=O) groups is 1. The van der Waals surface area contributed by atoms with Gasteiger partial charge in [-0.1, -0.05) is 12.1 Å². The molecule has 0 fully saturated rings. The van der Waals surface area contributed by atoms with Gasteiger partial charge < -0.3 is 4.74 Å². The number of rotatable bonds is 5. The SMILES string of the molecule is CCOc1ccccc1C=NNC(=O)c1ccc(C)nc1. The van der Waals surface area contributed by atoms with Crippen molar-refractivity contribution in [2.24, 2.45) is 5.10 Å². The van der Waals surface area contributed by atoms with Gasteiger partial charge in [-0.05, 0) is 38.1 Å². The Balaban J connectivity index is 2.02. The second-order valence-corrected chi connectivity index (χ2v) is 4.36. The molecule has 1 N–H and O–H groups in total. The van der Waals surface area contributed by atoms with Gasteiger partial charge in [0.15, 0.2) is 0 Å². The number of hydrogen-bond donors (Lipinski definition) is 1.